The maximum Gasteiger partial charge on any atom is 0.237 e. The number of aryl methyl sites for hydroxylation is 1. The van der Waals surface area contributed by atoms with Crippen molar-refractivity contribution >= 4 is 35.0 Å². The van der Waals surface area contributed by atoms with Gasteiger partial charge < -0.3 is 4.90 Å². The number of hydrogen-bond acceptors (Lipinski definition) is 6. The number of benzene rings is 1. The SMILES string of the molecule is Cn1nnnc1SCC(=O)N(CCC#N)c1cccc(Cl)c1. The molecule has 0 atom stereocenters. The van der Waals surface area contributed by atoms with Gasteiger partial charge in [-0.3, -0.25) is 4.79 Å². The maximum absolute atomic E-state index is 12.4. The molecule has 0 aliphatic heterocycles. The average Bonchev–Trinajstić information content (AvgIpc) is 2.91. The number of carbonyl (C=O) groups excluding carboxylic acids is 1. The van der Waals surface area contributed by atoms with Crippen molar-refractivity contribution in [1.82, 2.24) is 20.2 Å². The van der Waals surface area contributed by atoms with Crippen LogP contribution >= 0.6 is 23.4 Å². The van der Waals surface area contributed by atoms with Gasteiger partial charge in [0.05, 0.1) is 18.2 Å². The third-order valence-electron chi connectivity index (χ3n) is 2.77. The Labute approximate surface area is 136 Å². The molecule has 1 aromatic carbocycles. The maximum atomic E-state index is 12.4. The van der Waals surface area contributed by atoms with E-state index < -0.39 is 0 Å². The van der Waals surface area contributed by atoms with Crippen molar-refractivity contribution in [3.05, 3.63) is 29.3 Å². The summed E-state index contributed by atoms with van der Waals surface area (Å²) in [5, 5.41) is 20.9. The minimum atomic E-state index is -0.134. The number of amides is 1. The number of tetrazole rings is 1. The summed E-state index contributed by atoms with van der Waals surface area (Å²) in [6.07, 6.45) is 0.244. The lowest BCUT2D eigenvalue weighted by Crippen LogP contribution is -2.33. The zero-order valence-corrected chi connectivity index (χ0v) is 13.4. The van der Waals surface area contributed by atoms with Crippen molar-refractivity contribution in [2.24, 2.45) is 7.05 Å². The van der Waals surface area contributed by atoms with E-state index in [0.717, 1.165) is 0 Å². The van der Waals surface area contributed by atoms with Gasteiger partial charge in [-0.25, -0.2) is 4.68 Å². The largest absolute Gasteiger partial charge is 0.311 e. The normalized spacial score (nSPS) is 10.2. The quantitative estimate of drug-likeness (QED) is 0.749. The van der Waals surface area contributed by atoms with Crippen molar-refractivity contribution in [1.29, 1.82) is 5.26 Å². The summed E-state index contributed by atoms with van der Waals surface area (Å²) in [6, 6.07) is 9.04. The summed E-state index contributed by atoms with van der Waals surface area (Å²) in [5.74, 6) is 0.0390. The van der Waals surface area contributed by atoms with Crippen LogP contribution in [0.3, 0.4) is 0 Å². The fraction of sp³-hybridized carbons (Fsp3) is 0.308. The Balaban J connectivity index is 2.09. The van der Waals surface area contributed by atoms with E-state index >= 15 is 0 Å². The molecule has 0 N–H and O–H groups in total. The molecule has 0 unspecified atom stereocenters. The lowest BCUT2D eigenvalue weighted by molar-refractivity contribution is -0.116. The Kier molecular flexibility index (Phi) is 5.75. The van der Waals surface area contributed by atoms with Crippen molar-refractivity contribution in [2.75, 3.05) is 17.2 Å². The molecule has 0 aliphatic carbocycles. The van der Waals surface area contributed by atoms with E-state index in [1.807, 2.05) is 6.07 Å². The van der Waals surface area contributed by atoms with E-state index in [-0.39, 0.29) is 18.1 Å². The molecular formula is C13H13ClN6OS. The molecule has 0 saturated heterocycles. The van der Waals surface area contributed by atoms with Crippen LogP contribution in [0.5, 0.6) is 0 Å². The summed E-state index contributed by atoms with van der Waals surface area (Å²) in [5.41, 5.74) is 0.671. The number of nitriles is 1. The molecule has 9 heteroatoms. The predicted molar refractivity (Wildman–Crippen MR) is 83.6 cm³/mol. The molecule has 2 rings (SSSR count). The van der Waals surface area contributed by atoms with E-state index in [1.54, 1.807) is 36.2 Å². The molecule has 0 saturated carbocycles. The van der Waals surface area contributed by atoms with Crippen LogP contribution in [0.2, 0.25) is 5.02 Å². The second-order valence-corrected chi connectivity index (χ2v) is 5.69. The summed E-state index contributed by atoms with van der Waals surface area (Å²) in [6.45, 7) is 0.313. The molecule has 114 valence electrons. The molecule has 1 amide bonds. The van der Waals surface area contributed by atoms with Crippen LogP contribution in [-0.4, -0.2) is 38.4 Å². The zero-order valence-electron chi connectivity index (χ0n) is 11.8. The number of nitrogens with zero attached hydrogens (tertiary/aromatic N) is 6. The van der Waals surface area contributed by atoms with Crippen LogP contribution < -0.4 is 4.90 Å². The Morgan fingerprint density at radius 2 is 2.36 bits per heavy atom. The highest BCUT2D eigenvalue weighted by molar-refractivity contribution is 7.99. The molecule has 0 radical (unpaired) electrons. The second-order valence-electron chi connectivity index (χ2n) is 4.31. The van der Waals surface area contributed by atoms with Crippen LogP contribution in [0, 0.1) is 11.3 Å². The average molecular weight is 337 g/mol. The van der Waals surface area contributed by atoms with Gasteiger partial charge in [0.25, 0.3) is 0 Å². The van der Waals surface area contributed by atoms with Gasteiger partial charge in [-0.15, -0.1) is 5.10 Å². The summed E-state index contributed by atoms with van der Waals surface area (Å²) >= 11 is 7.21. The first kappa shape index (κ1) is 16.3. The molecule has 0 bridgehead atoms. The van der Waals surface area contributed by atoms with E-state index in [9.17, 15) is 4.79 Å². The van der Waals surface area contributed by atoms with Gasteiger partial charge in [0.1, 0.15) is 0 Å². The van der Waals surface area contributed by atoms with E-state index in [0.29, 0.717) is 22.4 Å². The van der Waals surface area contributed by atoms with Gasteiger partial charge in [-0.2, -0.15) is 5.26 Å². The van der Waals surface area contributed by atoms with Gasteiger partial charge in [-0.1, -0.05) is 29.4 Å². The number of thioether (sulfide) groups is 1. The van der Waals surface area contributed by atoms with Crippen LogP contribution in [-0.2, 0) is 11.8 Å². The van der Waals surface area contributed by atoms with Crippen LogP contribution in [0.1, 0.15) is 6.42 Å². The Morgan fingerprint density at radius 1 is 1.55 bits per heavy atom. The van der Waals surface area contributed by atoms with Crippen LogP contribution in [0.4, 0.5) is 5.69 Å². The highest BCUT2D eigenvalue weighted by Gasteiger charge is 2.17. The van der Waals surface area contributed by atoms with Gasteiger partial charge in [0, 0.05) is 24.3 Å². The van der Waals surface area contributed by atoms with Crippen LogP contribution in [0.15, 0.2) is 29.4 Å². The monoisotopic (exact) mass is 336 g/mol. The Hall–Kier alpha value is -2.11. The zero-order chi connectivity index (χ0) is 15.9. The fourth-order valence-electron chi connectivity index (χ4n) is 1.75. The standard InChI is InChI=1S/C13H13ClN6OS/c1-19-13(16-17-18-19)22-9-12(21)20(7-3-6-15)11-5-2-4-10(14)8-11/h2,4-5,8H,3,7,9H2,1H3. The Bertz CT molecular complexity index is 698. The molecule has 0 aliphatic rings. The first-order valence-corrected chi connectivity index (χ1v) is 7.76. The number of anilines is 1. The minimum Gasteiger partial charge on any atom is -0.311 e. The number of carbonyl (C=O) groups is 1. The first-order chi connectivity index (χ1) is 10.6. The topological polar surface area (TPSA) is 87.7 Å². The van der Waals surface area contributed by atoms with E-state index in [4.69, 9.17) is 16.9 Å². The smallest absolute Gasteiger partial charge is 0.237 e. The van der Waals surface area contributed by atoms with Gasteiger partial charge in [-0.05, 0) is 28.6 Å². The first-order valence-electron chi connectivity index (χ1n) is 6.40. The summed E-state index contributed by atoms with van der Waals surface area (Å²) in [7, 11) is 1.71. The minimum absolute atomic E-state index is 0.134. The molecular weight excluding hydrogens is 324 g/mol. The third-order valence-corrected chi connectivity index (χ3v) is 4.00. The molecule has 22 heavy (non-hydrogen) atoms. The Morgan fingerprint density at radius 3 is 3.00 bits per heavy atom. The van der Waals surface area contributed by atoms with Crippen molar-refractivity contribution in [3.63, 3.8) is 0 Å². The number of halogens is 1. The second kappa shape index (κ2) is 7.77. The molecule has 0 fully saturated rings. The van der Waals surface area contributed by atoms with Crippen molar-refractivity contribution < 1.29 is 4.79 Å². The van der Waals surface area contributed by atoms with E-state index in [2.05, 4.69) is 15.5 Å². The molecule has 1 aromatic heterocycles. The summed E-state index contributed by atoms with van der Waals surface area (Å²) in [4.78, 5) is 14.0. The van der Waals surface area contributed by atoms with Crippen molar-refractivity contribution in [3.8, 4) is 6.07 Å². The number of aromatic nitrogens is 4. The number of rotatable bonds is 6. The lowest BCUT2D eigenvalue weighted by atomic mass is 10.2. The van der Waals surface area contributed by atoms with E-state index in [1.165, 1.54) is 16.4 Å². The lowest BCUT2D eigenvalue weighted by Gasteiger charge is -2.21. The molecule has 1 heterocycles. The molecule has 0 spiro atoms. The summed E-state index contributed by atoms with van der Waals surface area (Å²) < 4.78 is 1.50. The van der Waals surface area contributed by atoms with Crippen LogP contribution in [0.25, 0.3) is 0 Å². The third kappa shape index (κ3) is 4.19. The molecule has 7 nitrogen and oxygen atoms in total. The molecule has 2 aromatic rings. The fourth-order valence-corrected chi connectivity index (χ4v) is 2.66. The highest BCUT2D eigenvalue weighted by Crippen LogP contribution is 2.22. The predicted octanol–water partition coefficient (Wildman–Crippen LogP) is 1.90. The van der Waals surface area contributed by atoms with Gasteiger partial charge >= 0.3 is 0 Å². The van der Waals surface area contributed by atoms with Gasteiger partial charge in [0.15, 0.2) is 0 Å². The number of hydrogen-bond donors (Lipinski definition) is 0. The van der Waals surface area contributed by atoms with Gasteiger partial charge in [0.2, 0.25) is 11.1 Å². The highest BCUT2D eigenvalue weighted by atomic mass is 35.5. The van der Waals surface area contributed by atoms with Crippen molar-refractivity contribution in [2.45, 2.75) is 11.6 Å².